The molecule has 0 saturated heterocycles. The highest BCUT2D eigenvalue weighted by Gasteiger charge is 2.27. The Morgan fingerprint density at radius 2 is 1.97 bits per heavy atom. The smallest absolute Gasteiger partial charge is 0.381 e. The van der Waals surface area contributed by atoms with Crippen LogP contribution in [0.4, 0.5) is 0 Å². The summed E-state index contributed by atoms with van der Waals surface area (Å²) in [5.41, 5.74) is 2.56. The molecule has 0 amide bonds. The number of aliphatic carboxylic acids is 1. The van der Waals surface area contributed by atoms with E-state index >= 15 is 0 Å². The van der Waals surface area contributed by atoms with Crippen LogP contribution in [0.25, 0.3) is 0 Å². The molecule has 0 aromatic heterocycles. The van der Waals surface area contributed by atoms with Gasteiger partial charge >= 0.3 is 11.9 Å². The van der Waals surface area contributed by atoms with E-state index in [9.17, 15) is 15.0 Å². The second kappa shape index (κ2) is 11.8. The van der Waals surface area contributed by atoms with Crippen molar-refractivity contribution < 1.29 is 29.6 Å². The van der Waals surface area contributed by atoms with Crippen molar-refractivity contribution in [2.75, 3.05) is 7.11 Å². The molecule has 6 nitrogen and oxygen atoms in total. The number of esters is 1. The Bertz CT molecular complexity index is 801. The fourth-order valence-electron chi connectivity index (χ4n) is 3.52. The lowest BCUT2D eigenvalue weighted by molar-refractivity contribution is -0.130. The number of carboxylic acids is 1. The summed E-state index contributed by atoms with van der Waals surface area (Å²) in [6.07, 6.45) is 13.0. The second-order valence-electron chi connectivity index (χ2n) is 7.10. The molecule has 0 fully saturated rings. The van der Waals surface area contributed by atoms with E-state index in [0.717, 1.165) is 38.5 Å². The van der Waals surface area contributed by atoms with E-state index in [4.69, 9.17) is 14.6 Å². The summed E-state index contributed by atoms with van der Waals surface area (Å²) >= 11 is 0. The second-order valence-corrected chi connectivity index (χ2v) is 7.10. The molecule has 0 spiro atoms. The minimum absolute atomic E-state index is 0.0631. The summed E-state index contributed by atoms with van der Waals surface area (Å²) in [6, 6.07) is 1.63. The van der Waals surface area contributed by atoms with Crippen LogP contribution < -0.4 is 0 Å². The van der Waals surface area contributed by atoms with Gasteiger partial charge in [-0.05, 0) is 50.7 Å². The van der Waals surface area contributed by atoms with E-state index in [1.807, 2.05) is 0 Å². The highest BCUT2D eigenvalue weighted by atomic mass is 16.5. The lowest BCUT2D eigenvalue weighted by Gasteiger charge is -2.23. The van der Waals surface area contributed by atoms with Gasteiger partial charge in [-0.1, -0.05) is 31.4 Å². The number of aromatic hydroxyl groups is 2. The average Bonchev–Trinajstić information content (AvgIpc) is 2.68. The number of terminal acetylenes is 1. The van der Waals surface area contributed by atoms with E-state index in [1.165, 1.54) is 18.6 Å². The number of aryl methyl sites for hydroxylation is 1. The normalized spacial score (nSPS) is 15.4. The van der Waals surface area contributed by atoms with Gasteiger partial charge in [-0.2, -0.15) is 0 Å². The van der Waals surface area contributed by atoms with Gasteiger partial charge in [-0.25, -0.2) is 9.59 Å². The van der Waals surface area contributed by atoms with Crippen LogP contribution in [0, 0.1) is 12.3 Å². The van der Waals surface area contributed by atoms with Crippen molar-refractivity contribution >= 4 is 11.9 Å². The lowest BCUT2D eigenvalue weighted by atomic mass is 9.83. The number of carbonyl (C=O) groups excluding carboxylic acids is 1. The van der Waals surface area contributed by atoms with Crippen LogP contribution in [-0.4, -0.2) is 34.4 Å². The maximum atomic E-state index is 12.2. The van der Waals surface area contributed by atoms with Gasteiger partial charge in [0.1, 0.15) is 17.1 Å². The van der Waals surface area contributed by atoms with Gasteiger partial charge in [0, 0.05) is 17.4 Å². The summed E-state index contributed by atoms with van der Waals surface area (Å²) in [7, 11) is 1.31. The molecule has 3 N–H and O–H groups in total. The molecule has 0 heterocycles. The van der Waals surface area contributed by atoms with Crippen molar-refractivity contribution in [1.82, 2.24) is 0 Å². The zero-order valence-corrected chi connectivity index (χ0v) is 17.3. The number of carboxylic acid groups (broad SMARTS) is 1. The van der Waals surface area contributed by atoms with Crippen molar-refractivity contribution in [3.63, 3.8) is 0 Å². The number of hydrogen-bond donors (Lipinski definition) is 3. The number of ether oxygens (including phenoxy) is 1. The first-order valence-corrected chi connectivity index (χ1v) is 9.79. The van der Waals surface area contributed by atoms with Gasteiger partial charge in [0.15, 0.2) is 0 Å². The van der Waals surface area contributed by atoms with Gasteiger partial charge in [0.25, 0.3) is 0 Å². The summed E-state index contributed by atoms with van der Waals surface area (Å²) < 4.78 is 4.87. The first-order valence-electron chi connectivity index (χ1n) is 9.79. The predicted octanol–water partition coefficient (Wildman–Crippen LogP) is 4.54. The largest absolute Gasteiger partial charge is 0.507 e. The zero-order chi connectivity index (χ0) is 22.0. The third-order valence-electron chi connectivity index (χ3n) is 4.91. The van der Waals surface area contributed by atoms with Crippen LogP contribution in [0.3, 0.4) is 0 Å². The molecule has 1 aliphatic rings. The quantitative estimate of drug-likeness (QED) is 0.279. The summed E-state index contributed by atoms with van der Waals surface area (Å²) in [6.45, 7) is 4.16. The Balaban J connectivity index is 0.000000749. The van der Waals surface area contributed by atoms with E-state index < -0.39 is 11.9 Å². The molecule has 1 aromatic rings. The predicted molar refractivity (Wildman–Crippen MR) is 111 cm³/mol. The number of phenols is 2. The molecule has 0 radical (unpaired) electrons. The maximum Gasteiger partial charge on any atom is 0.381 e. The van der Waals surface area contributed by atoms with Crippen molar-refractivity contribution in [3.8, 4) is 23.8 Å². The highest BCUT2D eigenvalue weighted by Crippen LogP contribution is 2.44. The molecular formula is C23H30O6. The number of carbonyl (C=O) groups is 2. The lowest BCUT2D eigenvalue weighted by Crippen LogP contribution is -2.11. The zero-order valence-electron chi connectivity index (χ0n) is 17.3. The molecule has 6 heteroatoms. The summed E-state index contributed by atoms with van der Waals surface area (Å²) in [5.74, 6) is -0.430. The molecule has 0 unspecified atom stereocenters. The Morgan fingerprint density at radius 3 is 2.48 bits per heavy atom. The monoisotopic (exact) mass is 402 g/mol. The molecule has 0 bridgehead atoms. The third kappa shape index (κ3) is 6.86. The van der Waals surface area contributed by atoms with Crippen LogP contribution in [0.5, 0.6) is 11.5 Å². The fourth-order valence-corrected chi connectivity index (χ4v) is 3.52. The molecule has 0 saturated carbocycles. The maximum absolute atomic E-state index is 12.2. The van der Waals surface area contributed by atoms with Crippen LogP contribution >= 0.6 is 0 Å². The van der Waals surface area contributed by atoms with Crippen LogP contribution in [0.15, 0.2) is 17.7 Å². The number of phenolic OH excluding ortho intramolecular Hbond substituents is 2. The van der Waals surface area contributed by atoms with Gasteiger partial charge in [0.05, 0.1) is 7.11 Å². The van der Waals surface area contributed by atoms with E-state index in [2.05, 4.69) is 26.3 Å². The van der Waals surface area contributed by atoms with Crippen LogP contribution in [0.1, 0.15) is 79.8 Å². The topological polar surface area (TPSA) is 104 Å². The standard InChI is InChI=1S/C20H28O4.C3H2O2/c1-4-5-6-9-15-12-16(21)17(14-10-7-8-13(2)11-14)19(22)18(15)20(23)24-3;1-2-3(4)5/h11-12,14,21-22H,4-10H2,1-3H3;1H,(H,4,5)/t14-;/m1./s1. The molecule has 29 heavy (non-hydrogen) atoms. The van der Waals surface area contributed by atoms with Gasteiger partial charge in [-0.15, -0.1) is 6.42 Å². The van der Waals surface area contributed by atoms with Crippen LogP contribution in [0.2, 0.25) is 0 Å². The van der Waals surface area contributed by atoms with Crippen molar-refractivity contribution in [3.05, 3.63) is 34.4 Å². The minimum atomic E-state index is -1.22. The molecule has 0 aliphatic heterocycles. The fraction of sp³-hybridized carbons (Fsp3) is 0.478. The van der Waals surface area contributed by atoms with Gasteiger partial charge < -0.3 is 20.1 Å². The molecule has 2 rings (SSSR count). The number of methoxy groups -OCH3 is 1. The number of rotatable bonds is 6. The summed E-state index contributed by atoms with van der Waals surface area (Å²) in [4.78, 5) is 21.4. The van der Waals surface area contributed by atoms with E-state index in [-0.39, 0.29) is 23.0 Å². The SMILES string of the molecule is C#CC(=O)O.CCCCCc1cc(O)c([C@H]2C=C(C)CCC2)c(O)c1C(=O)OC. The number of benzene rings is 1. The Labute approximate surface area is 172 Å². The molecule has 1 aromatic carbocycles. The van der Waals surface area contributed by atoms with Crippen molar-refractivity contribution in [1.29, 1.82) is 0 Å². The van der Waals surface area contributed by atoms with Gasteiger partial charge in [0.2, 0.25) is 0 Å². The Hall–Kier alpha value is -2.94. The van der Waals surface area contributed by atoms with Gasteiger partial charge in [-0.3, -0.25) is 0 Å². The van der Waals surface area contributed by atoms with Crippen molar-refractivity contribution in [2.45, 2.75) is 64.7 Å². The van der Waals surface area contributed by atoms with E-state index in [1.54, 1.807) is 6.07 Å². The number of hydrogen-bond acceptors (Lipinski definition) is 5. The average molecular weight is 402 g/mol. The van der Waals surface area contributed by atoms with Crippen molar-refractivity contribution in [2.24, 2.45) is 0 Å². The molecule has 1 aliphatic carbocycles. The highest BCUT2D eigenvalue weighted by molar-refractivity contribution is 5.95. The Kier molecular flexibility index (Phi) is 9.81. The first kappa shape index (κ1) is 24.1. The minimum Gasteiger partial charge on any atom is -0.507 e. The molecule has 1 atom stereocenters. The Morgan fingerprint density at radius 1 is 1.31 bits per heavy atom. The van der Waals surface area contributed by atoms with Crippen LogP contribution in [-0.2, 0) is 16.0 Å². The number of allylic oxidation sites excluding steroid dienone is 2. The number of unbranched alkanes of at least 4 members (excludes halogenated alkanes) is 2. The third-order valence-corrected chi connectivity index (χ3v) is 4.91. The first-order chi connectivity index (χ1) is 13.8. The molecule has 158 valence electrons. The molecular weight excluding hydrogens is 372 g/mol. The van der Waals surface area contributed by atoms with E-state index in [0.29, 0.717) is 17.5 Å². The summed E-state index contributed by atoms with van der Waals surface area (Å²) in [5, 5.41) is 28.7.